The summed E-state index contributed by atoms with van der Waals surface area (Å²) >= 11 is 7.02. The van der Waals surface area contributed by atoms with E-state index < -0.39 is 15.8 Å². The number of allylic oxidation sites excluding steroid dienone is 1. The summed E-state index contributed by atoms with van der Waals surface area (Å²) in [6.07, 6.45) is 1.10. The van der Waals surface area contributed by atoms with Crippen molar-refractivity contribution in [2.75, 3.05) is 16.7 Å². The lowest BCUT2D eigenvalue weighted by molar-refractivity contribution is 0.104. The third-order valence-electron chi connectivity index (χ3n) is 3.21. The molecule has 23 heavy (non-hydrogen) atoms. The molecule has 0 radical (unpaired) electrons. The molecule has 0 saturated carbocycles. The number of fused-ring (bicyclic) bond motifs is 1. The minimum Gasteiger partial charge on any atom is -0.329 e. The van der Waals surface area contributed by atoms with Gasteiger partial charge in [-0.1, -0.05) is 11.6 Å². The quantitative estimate of drug-likeness (QED) is 0.644. The van der Waals surface area contributed by atoms with Crippen molar-refractivity contribution in [1.82, 2.24) is 9.97 Å². The van der Waals surface area contributed by atoms with Crippen molar-refractivity contribution in [3.8, 4) is 0 Å². The van der Waals surface area contributed by atoms with Crippen molar-refractivity contribution < 1.29 is 13.2 Å². The number of sulfonamides is 1. The third-order valence-corrected chi connectivity index (χ3v) is 6.08. The number of thiophene rings is 1. The van der Waals surface area contributed by atoms with Crippen molar-refractivity contribution in [1.29, 1.82) is 0 Å². The highest BCUT2D eigenvalue weighted by molar-refractivity contribution is 7.97. The summed E-state index contributed by atoms with van der Waals surface area (Å²) < 4.78 is 26.0. The molecular weight excluding hydrogens is 360 g/mol. The number of nitrogens with zero attached hydrogens (tertiary/aromatic N) is 3. The van der Waals surface area contributed by atoms with Gasteiger partial charge in [0.2, 0.25) is 11.7 Å². The number of carbonyl (C=O) groups is 1. The SMILES string of the molecule is Cc1cc(Cl)nc(NC=C2C(=O)c3sccc3N(C)S2(=O)=O)n1. The minimum atomic E-state index is -3.92. The Kier molecular flexibility index (Phi) is 3.86. The van der Waals surface area contributed by atoms with Crippen LogP contribution in [0.2, 0.25) is 5.15 Å². The largest absolute Gasteiger partial charge is 0.329 e. The Hall–Kier alpha value is -1.97. The Balaban J connectivity index is 2.03. The molecule has 2 aromatic heterocycles. The molecule has 0 amide bonds. The molecule has 0 fully saturated rings. The Morgan fingerprint density at radius 2 is 2.13 bits per heavy atom. The van der Waals surface area contributed by atoms with E-state index in [9.17, 15) is 13.2 Å². The van der Waals surface area contributed by atoms with Crippen LogP contribution in [0.3, 0.4) is 0 Å². The van der Waals surface area contributed by atoms with Gasteiger partial charge in [-0.05, 0) is 24.4 Å². The molecule has 7 nitrogen and oxygen atoms in total. The maximum atomic E-state index is 12.5. The lowest BCUT2D eigenvalue weighted by atomic mass is 10.2. The summed E-state index contributed by atoms with van der Waals surface area (Å²) in [4.78, 5) is 20.4. The predicted molar refractivity (Wildman–Crippen MR) is 89.5 cm³/mol. The van der Waals surface area contributed by atoms with E-state index in [1.807, 2.05) is 0 Å². The zero-order valence-electron chi connectivity index (χ0n) is 12.1. The molecule has 0 aliphatic carbocycles. The van der Waals surface area contributed by atoms with Gasteiger partial charge in [0.1, 0.15) is 10.0 Å². The van der Waals surface area contributed by atoms with E-state index in [1.54, 1.807) is 24.4 Å². The van der Waals surface area contributed by atoms with Gasteiger partial charge in [-0.3, -0.25) is 9.10 Å². The summed E-state index contributed by atoms with van der Waals surface area (Å²) in [6, 6.07) is 3.16. The average molecular weight is 371 g/mol. The van der Waals surface area contributed by atoms with E-state index >= 15 is 0 Å². The van der Waals surface area contributed by atoms with E-state index in [2.05, 4.69) is 15.3 Å². The van der Waals surface area contributed by atoms with E-state index in [-0.39, 0.29) is 16.0 Å². The normalized spacial score (nSPS) is 18.1. The van der Waals surface area contributed by atoms with Crippen molar-refractivity contribution in [2.45, 2.75) is 6.92 Å². The molecule has 0 unspecified atom stereocenters. The van der Waals surface area contributed by atoms with Crippen LogP contribution in [0, 0.1) is 6.92 Å². The van der Waals surface area contributed by atoms with Gasteiger partial charge in [0.05, 0.1) is 5.69 Å². The lowest BCUT2D eigenvalue weighted by Gasteiger charge is -2.25. The monoisotopic (exact) mass is 370 g/mol. The van der Waals surface area contributed by atoms with Crippen LogP contribution >= 0.6 is 22.9 Å². The number of carbonyl (C=O) groups excluding carboxylic acids is 1. The maximum Gasteiger partial charge on any atom is 0.269 e. The van der Waals surface area contributed by atoms with Crippen LogP contribution in [0.25, 0.3) is 0 Å². The van der Waals surface area contributed by atoms with Gasteiger partial charge in [0.15, 0.2) is 4.91 Å². The van der Waals surface area contributed by atoms with Crippen molar-refractivity contribution in [3.63, 3.8) is 0 Å². The lowest BCUT2D eigenvalue weighted by Crippen LogP contribution is -2.35. The molecule has 0 bridgehead atoms. The van der Waals surface area contributed by atoms with E-state index in [0.717, 1.165) is 10.5 Å². The molecule has 10 heteroatoms. The number of rotatable bonds is 2. The smallest absolute Gasteiger partial charge is 0.269 e. The Bertz CT molecular complexity index is 916. The number of hydrogen-bond acceptors (Lipinski definition) is 7. The zero-order valence-corrected chi connectivity index (χ0v) is 14.5. The van der Waals surface area contributed by atoms with Crippen LogP contribution in [0.4, 0.5) is 11.6 Å². The molecule has 0 aromatic carbocycles. The van der Waals surface area contributed by atoms with Crippen molar-refractivity contribution in [3.05, 3.63) is 44.3 Å². The van der Waals surface area contributed by atoms with E-state index in [0.29, 0.717) is 16.3 Å². The molecule has 120 valence electrons. The summed E-state index contributed by atoms with van der Waals surface area (Å²) in [5, 5.41) is 4.53. The second-order valence-corrected chi connectivity index (χ2v) is 7.99. The zero-order chi connectivity index (χ0) is 16.8. The molecule has 1 N–H and O–H groups in total. The highest BCUT2D eigenvalue weighted by Gasteiger charge is 2.39. The van der Waals surface area contributed by atoms with E-state index in [1.165, 1.54) is 18.4 Å². The van der Waals surface area contributed by atoms with Gasteiger partial charge in [0.25, 0.3) is 10.0 Å². The van der Waals surface area contributed by atoms with Crippen LogP contribution < -0.4 is 9.62 Å². The van der Waals surface area contributed by atoms with Crippen LogP contribution in [0.15, 0.2) is 28.6 Å². The molecule has 3 rings (SSSR count). The molecular formula is C13H11ClN4O3S2. The fourth-order valence-corrected chi connectivity index (χ4v) is 4.58. The second-order valence-electron chi connectivity index (χ2n) is 4.75. The van der Waals surface area contributed by atoms with Gasteiger partial charge in [-0.2, -0.15) is 0 Å². The van der Waals surface area contributed by atoms with Gasteiger partial charge in [-0.15, -0.1) is 11.3 Å². The maximum absolute atomic E-state index is 12.5. The summed E-state index contributed by atoms with van der Waals surface area (Å²) in [5.74, 6) is -0.440. The second kappa shape index (κ2) is 5.59. The first-order valence-corrected chi connectivity index (χ1v) is 9.09. The molecule has 2 aromatic rings. The van der Waals surface area contributed by atoms with Crippen LogP contribution in [0.5, 0.6) is 0 Å². The highest BCUT2D eigenvalue weighted by atomic mass is 35.5. The number of aromatic nitrogens is 2. The molecule has 3 heterocycles. The number of Topliss-reactive ketones (excluding diaryl/α,β-unsaturated/α-hetero) is 1. The number of hydrogen-bond donors (Lipinski definition) is 1. The van der Waals surface area contributed by atoms with Gasteiger partial charge >= 0.3 is 0 Å². The van der Waals surface area contributed by atoms with Gasteiger partial charge < -0.3 is 5.32 Å². The van der Waals surface area contributed by atoms with Gasteiger partial charge in [0, 0.05) is 18.9 Å². The Morgan fingerprint density at radius 3 is 2.83 bits per heavy atom. The predicted octanol–water partition coefficient (Wildman–Crippen LogP) is 2.42. The molecule has 0 spiro atoms. The minimum absolute atomic E-state index is 0.116. The Morgan fingerprint density at radius 1 is 1.39 bits per heavy atom. The first-order valence-electron chi connectivity index (χ1n) is 6.39. The number of halogens is 1. The third kappa shape index (κ3) is 2.71. The molecule has 1 aliphatic heterocycles. The number of aryl methyl sites for hydroxylation is 1. The Labute approximate surface area is 141 Å². The number of ketones is 1. The van der Waals surface area contributed by atoms with Crippen LogP contribution in [-0.4, -0.2) is 31.2 Å². The molecule has 0 saturated heterocycles. The first kappa shape index (κ1) is 15.9. The van der Waals surface area contributed by atoms with Crippen molar-refractivity contribution >= 4 is 50.4 Å². The fourth-order valence-electron chi connectivity index (χ4n) is 2.09. The topological polar surface area (TPSA) is 92.3 Å². The average Bonchev–Trinajstić information content (AvgIpc) is 2.93. The standard InChI is InChI=1S/C13H11ClN4O3S2/c1-7-5-10(14)17-13(16-7)15-6-9-11(19)12-8(3-4-22-12)18(2)23(9,20)21/h3-6H,1-2H3,(H,15,16,17). The van der Waals surface area contributed by atoms with Crippen molar-refractivity contribution in [2.24, 2.45) is 0 Å². The molecule has 1 aliphatic rings. The number of nitrogens with one attached hydrogen (secondary N) is 1. The first-order chi connectivity index (χ1) is 10.8. The number of anilines is 2. The van der Waals surface area contributed by atoms with Crippen LogP contribution in [-0.2, 0) is 10.0 Å². The van der Waals surface area contributed by atoms with Crippen LogP contribution in [0.1, 0.15) is 15.4 Å². The van der Waals surface area contributed by atoms with Gasteiger partial charge in [-0.25, -0.2) is 18.4 Å². The highest BCUT2D eigenvalue weighted by Crippen LogP contribution is 2.37. The summed E-state index contributed by atoms with van der Waals surface area (Å²) in [5.41, 5.74) is 0.994. The fraction of sp³-hybridized carbons (Fsp3) is 0.154. The molecule has 0 atom stereocenters. The summed E-state index contributed by atoms with van der Waals surface area (Å²) in [6.45, 7) is 1.72. The summed E-state index contributed by atoms with van der Waals surface area (Å²) in [7, 11) is -2.52. The van der Waals surface area contributed by atoms with E-state index in [4.69, 9.17) is 11.6 Å².